The molecule has 23 heavy (non-hydrogen) atoms. The molecule has 0 amide bonds. The molecule has 0 aliphatic carbocycles. The van der Waals surface area contributed by atoms with Gasteiger partial charge in [-0.1, -0.05) is 11.6 Å². The summed E-state index contributed by atoms with van der Waals surface area (Å²) in [6.07, 6.45) is -13.9. The molecule has 2 N–H and O–H groups in total. The molecule has 1 aromatic rings. The first-order chi connectivity index (χ1) is 10.2. The highest BCUT2D eigenvalue weighted by molar-refractivity contribution is 7.91. The summed E-state index contributed by atoms with van der Waals surface area (Å²) >= 11 is 5.94. The van der Waals surface area contributed by atoms with Gasteiger partial charge in [-0.3, -0.25) is 0 Å². The van der Waals surface area contributed by atoms with Crippen molar-refractivity contribution in [2.24, 2.45) is 5.92 Å². The van der Waals surface area contributed by atoms with Crippen LogP contribution >= 0.6 is 22.9 Å². The Morgan fingerprint density at radius 1 is 1.17 bits per heavy atom. The summed E-state index contributed by atoms with van der Waals surface area (Å²) < 4.78 is 101. The minimum atomic E-state index is -5.81. The minimum Gasteiger partial charge on any atom is -0.392 e. The van der Waals surface area contributed by atoms with Gasteiger partial charge in [0.05, 0.1) is 16.5 Å². The summed E-state index contributed by atoms with van der Waals surface area (Å²) in [5, 5.41) is 9.28. The van der Waals surface area contributed by atoms with E-state index in [4.69, 9.17) is 11.6 Å². The Labute approximate surface area is 136 Å². The minimum absolute atomic E-state index is 0.0258. The summed E-state index contributed by atoms with van der Waals surface area (Å²) in [6.45, 7) is 0.624. The summed E-state index contributed by atoms with van der Waals surface area (Å²) in [4.78, 5) is 0. The number of sulfonamides is 1. The van der Waals surface area contributed by atoms with Crippen LogP contribution < -0.4 is 4.72 Å². The van der Waals surface area contributed by atoms with E-state index in [0.717, 1.165) is 12.1 Å². The van der Waals surface area contributed by atoms with Crippen LogP contribution in [0.4, 0.5) is 26.3 Å². The van der Waals surface area contributed by atoms with Gasteiger partial charge in [-0.15, -0.1) is 11.3 Å². The van der Waals surface area contributed by atoms with E-state index >= 15 is 0 Å². The van der Waals surface area contributed by atoms with Crippen molar-refractivity contribution in [3.63, 3.8) is 0 Å². The second-order valence-corrected chi connectivity index (χ2v) is 8.16. The predicted molar refractivity (Wildman–Crippen MR) is 70.7 cm³/mol. The van der Waals surface area contributed by atoms with E-state index in [1.807, 2.05) is 0 Å². The van der Waals surface area contributed by atoms with Gasteiger partial charge in [0.2, 0.25) is 10.0 Å². The number of aliphatic hydroxyl groups excluding tert-OH is 1. The lowest BCUT2D eigenvalue weighted by Crippen LogP contribution is -2.56. The number of hydrogen-bond donors (Lipinski definition) is 2. The molecule has 1 heterocycles. The van der Waals surface area contributed by atoms with Crippen molar-refractivity contribution >= 4 is 33.0 Å². The fourth-order valence-electron chi connectivity index (χ4n) is 1.72. The Morgan fingerprint density at radius 3 is 1.96 bits per heavy atom. The van der Waals surface area contributed by atoms with Gasteiger partial charge in [-0.2, -0.15) is 26.3 Å². The molecule has 0 fully saturated rings. The number of thiophene rings is 1. The van der Waals surface area contributed by atoms with Crippen LogP contribution in [0.2, 0.25) is 4.34 Å². The Balaban J connectivity index is 3.26. The molecular weight excluding hydrogens is 396 g/mol. The third kappa shape index (κ3) is 5.21. The molecule has 0 spiro atoms. The number of nitrogens with one attached hydrogen (secondary N) is 1. The third-order valence-corrected chi connectivity index (χ3v) is 5.87. The first-order valence-electron chi connectivity index (χ1n) is 5.75. The first-order valence-corrected chi connectivity index (χ1v) is 8.43. The third-order valence-electron chi connectivity index (χ3n) is 2.69. The number of hydrogen-bond acceptors (Lipinski definition) is 4. The second kappa shape index (κ2) is 6.75. The van der Waals surface area contributed by atoms with Gasteiger partial charge in [-0.05, 0) is 19.1 Å². The number of halogens is 7. The highest BCUT2D eigenvalue weighted by atomic mass is 35.5. The maximum absolute atomic E-state index is 12.7. The Kier molecular flexibility index (Phi) is 6.01. The number of aliphatic hydroxyl groups is 1. The molecule has 1 rings (SSSR count). The number of alkyl halides is 6. The van der Waals surface area contributed by atoms with Gasteiger partial charge in [0.1, 0.15) is 4.21 Å². The Hall–Kier alpha value is -0.560. The molecule has 0 aromatic carbocycles. The lowest BCUT2D eigenvalue weighted by atomic mass is 9.95. The highest BCUT2D eigenvalue weighted by Gasteiger charge is 2.61. The maximum atomic E-state index is 12.7. The van der Waals surface area contributed by atoms with Gasteiger partial charge in [0, 0.05) is 0 Å². The summed E-state index contributed by atoms with van der Waals surface area (Å²) in [5.74, 6) is -4.07. The van der Waals surface area contributed by atoms with Crippen LogP contribution in [0.5, 0.6) is 0 Å². The lowest BCUT2D eigenvalue weighted by Gasteiger charge is -2.32. The van der Waals surface area contributed by atoms with E-state index < -0.39 is 44.6 Å². The van der Waals surface area contributed by atoms with E-state index in [0.29, 0.717) is 18.3 Å². The molecule has 13 heteroatoms. The Morgan fingerprint density at radius 2 is 1.65 bits per heavy atom. The van der Waals surface area contributed by atoms with Crippen molar-refractivity contribution in [1.29, 1.82) is 0 Å². The zero-order valence-electron chi connectivity index (χ0n) is 11.1. The standard InChI is InChI=1S/C10H10ClF6NO3S2/c1-4(19)7(8(9(12,13)14)10(15,16)17)18-23(20,21)6-3-2-5(11)22-6/h2-4,7-8,18-19H,1H3/t4?,7-/m1/s1. The van der Waals surface area contributed by atoms with Gasteiger partial charge >= 0.3 is 12.4 Å². The van der Waals surface area contributed by atoms with Crippen molar-refractivity contribution in [2.45, 2.75) is 35.6 Å². The molecule has 0 aliphatic heterocycles. The van der Waals surface area contributed by atoms with E-state index in [1.54, 1.807) is 0 Å². The van der Waals surface area contributed by atoms with Gasteiger partial charge in [0.25, 0.3) is 0 Å². The van der Waals surface area contributed by atoms with E-state index in [1.165, 1.54) is 4.72 Å². The second-order valence-electron chi connectivity index (χ2n) is 4.51. The van der Waals surface area contributed by atoms with Gasteiger partial charge in [-0.25, -0.2) is 13.1 Å². The molecule has 4 nitrogen and oxygen atoms in total. The molecule has 1 aromatic heterocycles. The summed E-state index contributed by atoms with van der Waals surface area (Å²) in [7, 11) is -4.73. The van der Waals surface area contributed by atoms with Crippen LogP contribution in [0.1, 0.15) is 6.92 Å². The molecule has 0 saturated carbocycles. The maximum Gasteiger partial charge on any atom is 0.402 e. The molecule has 0 bridgehead atoms. The van der Waals surface area contributed by atoms with Crippen molar-refractivity contribution < 1.29 is 39.9 Å². The fraction of sp³-hybridized carbons (Fsp3) is 0.600. The largest absolute Gasteiger partial charge is 0.402 e. The van der Waals surface area contributed by atoms with Crippen LogP contribution in [-0.4, -0.2) is 38.0 Å². The smallest absolute Gasteiger partial charge is 0.392 e. The average Bonchev–Trinajstić information content (AvgIpc) is 2.71. The topological polar surface area (TPSA) is 66.4 Å². The average molecular weight is 406 g/mol. The normalized spacial score (nSPS) is 16.6. The van der Waals surface area contributed by atoms with Crippen LogP contribution in [0.3, 0.4) is 0 Å². The molecule has 0 saturated heterocycles. The van der Waals surface area contributed by atoms with Crippen molar-refractivity contribution in [1.82, 2.24) is 4.72 Å². The van der Waals surface area contributed by atoms with E-state index in [2.05, 4.69) is 0 Å². The van der Waals surface area contributed by atoms with E-state index in [9.17, 15) is 39.9 Å². The van der Waals surface area contributed by atoms with Crippen LogP contribution in [0.15, 0.2) is 16.3 Å². The lowest BCUT2D eigenvalue weighted by molar-refractivity contribution is -0.295. The SMILES string of the molecule is CC(O)[C@@H](NS(=O)(=O)c1ccc(Cl)s1)C(C(F)(F)F)C(F)(F)F. The van der Waals surface area contributed by atoms with Gasteiger partial charge in [0.15, 0.2) is 5.92 Å². The monoisotopic (exact) mass is 405 g/mol. The highest BCUT2D eigenvalue weighted by Crippen LogP contribution is 2.42. The summed E-state index contributed by atoms with van der Waals surface area (Å²) in [6, 6.07) is -0.811. The molecular formula is C10H10ClF6NO3S2. The van der Waals surface area contributed by atoms with Crippen molar-refractivity contribution in [3.05, 3.63) is 16.5 Å². The van der Waals surface area contributed by atoms with Gasteiger partial charge < -0.3 is 5.11 Å². The molecule has 0 aliphatic rings. The van der Waals surface area contributed by atoms with Crippen LogP contribution in [0, 0.1) is 5.92 Å². The van der Waals surface area contributed by atoms with Crippen molar-refractivity contribution in [2.75, 3.05) is 0 Å². The number of rotatable bonds is 5. The summed E-state index contributed by atoms with van der Waals surface area (Å²) in [5.41, 5.74) is 0. The first kappa shape index (κ1) is 20.5. The Bertz CT molecular complexity index is 626. The molecule has 2 atom stereocenters. The molecule has 134 valence electrons. The zero-order chi connectivity index (χ0) is 18.2. The van der Waals surface area contributed by atoms with Crippen LogP contribution in [-0.2, 0) is 10.0 Å². The van der Waals surface area contributed by atoms with Crippen LogP contribution in [0.25, 0.3) is 0 Å². The van der Waals surface area contributed by atoms with Crippen molar-refractivity contribution in [3.8, 4) is 0 Å². The molecule has 1 unspecified atom stereocenters. The zero-order valence-corrected chi connectivity index (χ0v) is 13.5. The van der Waals surface area contributed by atoms with E-state index in [-0.39, 0.29) is 4.34 Å². The molecule has 0 radical (unpaired) electrons. The predicted octanol–water partition coefficient (Wildman–Crippen LogP) is 3.17. The fourth-order valence-corrected chi connectivity index (χ4v) is 4.54. The quantitative estimate of drug-likeness (QED) is 0.739.